The van der Waals surface area contributed by atoms with Crippen molar-refractivity contribution in [2.24, 2.45) is 0 Å². The van der Waals surface area contributed by atoms with E-state index in [0.717, 1.165) is 31.4 Å². The van der Waals surface area contributed by atoms with Crippen LogP contribution in [0.3, 0.4) is 0 Å². The van der Waals surface area contributed by atoms with Crippen LogP contribution < -0.4 is 5.32 Å². The van der Waals surface area contributed by atoms with Crippen LogP contribution in [0.25, 0.3) is 0 Å². The fourth-order valence-electron chi connectivity index (χ4n) is 2.27. The summed E-state index contributed by atoms with van der Waals surface area (Å²) in [5.74, 6) is -0.142. The zero-order chi connectivity index (χ0) is 11.4. The average Bonchev–Trinajstić information content (AvgIpc) is 2.67. The third-order valence-electron chi connectivity index (χ3n) is 3.24. The summed E-state index contributed by atoms with van der Waals surface area (Å²) in [4.78, 5) is 0. The molecule has 0 aliphatic heterocycles. The Kier molecular flexibility index (Phi) is 3.91. The van der Waals surface area contributed by atoms with Crippen molar-refractivity contribution in [2.75, 3.05) is 6.54 Å². The molecular formula is C13H18FNO. The van der Waals surface area contributed by atoms with Crippen molar-refractivity contribution in [2.45, 2.75) is 37.8 Å². The van der Waals surface area contributed by atoms with Gasteiger partial charge in [-0.3, -0.25) is 0 Å². The Bertz CT molecular complexity index is 342. The zero-order valence-electron chi connectivity index (χ0n) is 9.32. The summed E-state index contributed by atoms with van der Waals surface area (Å²) in [5, 5.41) is 12.9. The van der Waals surface area contributed by atoms with E-state index >= 15 is 0 Å². The van der Waals surface area contributed by atoms with Gasteiger partial charge in [-0.1, -0.05) is 18.2 Å². The van der Waals surface area contributed by atoms with Crippen molar-refractivity contribution in [3.8, 4) is 0 Å². The summed E-state index contributed by atoms with van der Waals surface area (Å²) in [7, 11) is 0. The van der Waals surface area contributed by atoms with Crippen LogP contribution in [0.5, 0.6) is 0 Å². The lowest BCUT2D eigenvalue weighted by Gasteiger charge is -2.16. The molecule has 0 spiro atoms. The lowest BCUT2D eigenvalue weighted by atomic mass is 10.1. The van der Waals surface area contributed by atoms with Gasteiger partial charge in [0.05, 0.1) is 6.10 Å². The molecule has 88 valence electrons. The first-order chi connectivity index (χ1) is 7.77. The molecule has 2 rings (SSSR count). The largest absolute Gasteiger partial charge is 0.392 e. The molecule has 1 aliphatic carbocycles. The van der Waals surface area contributed by atoms with E-state index in [2.05, 4.69) is 5.32 Å². The maximum atomic E-state index is 13.3. The average molecular weight is 223 g/mol. The Morgan fingerprint density at radius 2 is 2.12 bits per heavy atom. The van der Waals surface area contributed by atoms with Gasteiger partial charge in [0.1, 0.15) is 5.82 Å². The summed E-state index contributed by atoms with van der Waals surface area (Å²) in [6, 6.07) is 7.05. The molecule has 3 heteroatoms. The topological polar surface area (TPSA) is 32.3 Å². The zero-order valence-corrected chi connectivity index (χ0v) is 9.32. The maximum Gasteiger partial charge on any atom is 0.126 e. The summed E-state index contributed by atoms with van der Waals surface area (Å²) < 4.78 is 13.3. The van der Waals surface area contributed by atoms with Crippen molar-refractivity contribution >= 4 is 0 Å². The van der Waals surface area contributed by atoms with Gasteiger partial charge in [0.25, 0.3) is 0 Å². The van der Waals surface area contributed by atoms with Crippen molar-refractivity contribution in [3.63, 3.8) is 0 Å². The fraction of sp³-hybridized carbons (Fsp3) is 0.538. The van der Waals surface area contributed by atoms with Crippen LogP contribution in [-0.2, 0) is 6.42 Å². The van der Waals surface area contributed by atoms with E-state index in [0.29, 0.717) is 6.42 Å². The minimum atomic E-state index is -0.222. The number of aliphatic hydroxyl groups excluding tert-OH is 1. The lowest BCUT2D eigenvalue weighted by Crippen LogP contribution is -2.36. The first-order valence-corrected chi connectivity index (χ1v) is 5.92. The molecule has 0 unspecified atom stereocenters. The second-order valence-electron chi connectivity index (χ2n) is 4.40. The first-order valence-electron chi connectivity index (χ1n) is 5.92. The quantitative estimate of drug-likeness (QED) is 0.816. The predicted octanol–water partition coefficient (Wildman–Crippen LogP) is 1.87. The number of halogens is 1. The van der Waals surface area contributed by atoms with E-state index in [1.165, 1.54) is 6.07 Å². The highest BCUT2D eigenvalue weighted by atomic mass is 19.1. The van der Waals surface area contributed by atoms with Gasteiger partial charge >= 0.3 is 0 Å². The van der Waals surface area contributed by atoms with Gasteiger partial charge in [-0.15, -0.1) is 0 Å². The third kappa shape index (κ3) is 2.80. The minimum absolute atomic E-state index is 0.142. The van der Waals surface area contributed by atoms with E-state index in [1.807, 2.05) is 12.1 Å². The molecule has 0 bridgehead atoms. The second-order valence-corrected chi connectivity index (χ2v) is 4.40. The summed E-state index contributed by atoms with van der Waals surface area (Å²) in [5.41, 5.74) is 0.738. The van der Waals surface area contributed by atoms with Crippen LogP contribution in [0.15, 0.2) is 24.3 Å². The normalized spacial score (nSPS) is 24.9. The second kappa shape index (κ2) is 5.41. The molecule has 0 saturated heterocycles. The molecule has 2 nitrogen and oxygen atoms in total. The highest BCUT2D eigenvalue weighted by molar-refractivity contribution is 5.17. The van der Waals surface area contributed by atoms with E-state index in [9.17, 15) is 9.50 Å². The highest BCUT2D eigenvalue weighted by Gasteiger charge is 2.24. The van der Waals surface area contributed by atoms with Crippen molar-refractivity contribution in [1.82, 2.24) is 5.32 Å². The van der Waals surface area contributed by atoms with Crippen LogP contribution in [0.1, 0.15) is 24.8 Å². The number of rotatable bonds is 4. The Hall–Kier alpha value is -0.930. The molecule has 1 fully saturated rings. The SMILES string of the molecule is O[C@@H]1CCC[C@H]1NCCc1ccccc1F. The molecular weight excluding hydrogens is 205 g/mol. The van der Waals surface area contributed by atoms with E-state index in [4.69, 9.17) is 0 Å². The Morgan fingerprint density at radius 3 is 2.81 bits per heavy atom. The Labute approximate surface area is 95.5 Å². The molecule has 0 heterocycles. The van der Waals surface area contributed by atoms with Crippen LogP contribution in [0.2, 0.25) is 0 Å². The molecule has 1 saturated carbocycles. The number of hydrogen-bond donors (Lipinski definition) is 2. The number of benzene rings is 1. The monoisotopic (exact) mass is 223 g/mol. The van der Waals surface area contributed by atoms with Crippen molar-refractivity contribution in [3.05, 3.63) is 35.6 Å². The molecule has 1 aromatic rings. The molecule has 16 heavy (non-hydrogen) atoms. The minimum Gasteiger partial charge on any atom is -0.392 e. The molecule has 1 aromatic carbocycles. The third-order valence-corrected chi connectivity index (χ3v) is 3.24. The Balaban J connectivity index is 1.78. The standard InChI is InChI=1S/C13H18FNO/c14-11-5-2-1-4-10(11)8-9-15-12-6-3-7-13(12)16/h1-2,4-5,12-13,15-16H,3,6-9H2/t12-,13-/m1/s1. The van der Waals surface area contributed by atoms with Gasteiger partial charge in [0.15, 0.2) is 0 Å². The molecule has 0 amide bonds. The molecule has 2 atom stereocenters. The number of nitrogens with one attached hydrogen (secondary N) is 1. The van der Waals surface area contributed by atoms with Gasteiger partial charge in [0, 0.05) is 6.04 Å². The molecule has 2 N–H and O–H groups in total. The summed E-state index contributed by atoms with van der Waals surface area (Å²) in [6.07, 6.45) is 3.45. The van der Waals surface area contributed by atoms with Crippen molar-refractivity contribution < 1.29 is 9.50 Å². The van der Waals surface area contributed by atoms with Gasteiger partial charge in [0.2, 0.25) is 0 Å². The lowest BCUT2D eigenvalue weighted by molar-refractivity contribution is 0.149. The van der Waals surface area contributed by atoms with Crippen LogP contribution in [0, 0.1) is 5.82 Å². The first kappa shape index (κ1) is 11.6. The smallest absolute Gasteiger partial charge is 0.126 e. The number of hydrogen-bond acceptors (Lipinski definition) is 2. The van der Waals surface area contributed by atoms with Gasteiger partial charge in [-0.25, -0.2) is 4.39 Å². The highest BCUT2D eigenvalue weighted by Crippen LogP contribution is 2.18. The van der Waals surface area contributed by atoms with E-state index in [1.54, 1.807) is 6.07 Å². The maximum absolute atomic E-state index is 13.3. The predicted molar refractivity (Wildman–Crippen MR) is 61.8 cm³/mol. The fourth-order valence-corrected chi connectivity index (χ4v) is 2.27. The van der Waals surface area contributed by atoms with Crippen molar-refractivity contribution in [1.29, 1.82) is 0 Å². The van der Waals surface area contributed by atoms with Gasteiger partial charge < -0.3 is 10.4 Å². The van der Waals surface area contributed by atoms with Crippen LogP contribution in [-0.4, -0.2) is 23.8 Å². The molecule has 0 aromatic heterocycles. The van der Waals surface area contributed by atoms with Crippen LogP contribution in [0.4, 0.5) is 4.39 Å². The van der Waals surface area contributed by atoms with E-state index < -0.39 is 0 Å². The van der Waals surface area contributed by atoms with Gasteiger partial charge in [-0.05, 0) is 43.9 Å². The Morgan fingerprint density at radius 1 is 1.31 bits per heavy atom. The van der Waals surface area contributed by atoms with Gasteiger partial charge in [-0.2, -0.15) is 0 Å². The molecule has 1 aliphatic rings. The molecule has 0 radical (unpaired) electrons. The van der Waals surface area contributed by atoms with Crippen LogP contribution >= 0.6 is 0 Å². The summed E-state index contributed by atoms with van der Waals surface area (Å²) in [6.45, 7) is 0.725. The van der Waals surface area contributed by atoms with E-state index in [-0.39, 0.29) is 18.0 Å². The number of aliphatic hydroxyl groups is 1. The summed E-state index contributed by atoms with van der Waals surface area (Å²) >= 11 is 0.